The van der Waals surface area contributed by atoms with Gasteiger partial charge < -0.3 is 24.6 Å². The van der Waals surface area contributed by atoms with Crippen molar-refractivity contribution in [1.29, 1.82) is 0 Å². The lowest BCUT2D eigenvalue weighted by Gasteiger charge is -2.43. The fourth-order valence-electron chi connectivity index (χ4n) is 4.00. The zero-order chi connectivity index (χ0) is 18.6. The number of benzene rings is 1. The van der Waals surface area contributed by atoms with E-state index in [9.17, 15) is 9.18 Å². The largest absolute Gasteiger partial charge is 0.494 e. The van der Waals surface area contributed by atoms with Crippen LogP contribution in [0, 0.1) is 11.2 Å². The highest BCUT2D eigenvalue weighted by Crippen LogP contribution is 2.33. The molecule has 0 aliphatic carbocycles. The number of ether oxygens (including phenoxy) is 2. The number of nitrogens with zero attached hydrogens (tertiary/aromatic N) is 2. The number of carbonyl (C=O) groups excluding carboxylic acids is 1. The van der Waals surface area contributed by atoms with E-state index in [-0.39, 0.29) is 36.5 Å². The second kappa shape index (κ2) is 11.0. The molecule has 2 heterocycles. The van der Waals surface area contributed by atoms with Gasteiger partial charge in [0.05, 0.1) is 24.8 Å². The Hall–Kier alpha value is -1.28. The number of hydrogen-bond acceptors (Lipinski definition) is 5. The second-order valence-corrected chi connectivity index (χ2v) is 7.06. The molecule has 28 heavy (non-hydrogen) atoms. The van der Waals surface area contributed by atoms with Gasteiger partial charge in [-0.15, -0.1) is 24.8 Å². The molecule has 1 aromatic carbocycles. The fraction of sp³-hybridized carbons (Fsp3) is 0.632. The Labute approximate surface area is 178 Å². The minimum Gasteiger partial charge on any atom is -0.494 e. The maximum atomic E-state index is 13.4. The third-order valence-electron chi connectivity index (χ3n) is 5.48. The van der Waals surface area contributed by atoms with Gasteiger partial charge in [-0.1, -0.05) is 0 Å². The van der Waals surface area contributed by atoms with E-state index < -0.39 is 5.41 Å². The van der Waals surface area contributed by atoms with E-state index in [1.165, 1.54) is 12.1 Å². The maximum Gasteiger partial charge on any atom is 0.231 e. The van der Waals surface area contributed by atoms with Crippen LogP contribution in [-0.4, -0.2) is 70.9 Å². The molecule has 0 spiro atoms. The van der Waals surface area contributed by atoms with Gasteiger partial charge in [0.15, 0.2) is 0 Å². The smallest absolute Gasteiger partial charge is 0.231 e. The molecule has 1 amide bonds. The van der Waals surface area contributed by atoms with E-state index >= 15 is 0 Å². The van der Waals surface area contributed by atoms with Crippen LogP contribution in [0.5, 0.6) is 5.75 Å². The lowest BCUT2D eigenvalue weighted by atomic mass is 9.78. The maximum absolute atomic E-state index is 13.4. The molecular weight excluding hydrogens is 408 g/mol. The summed E-state index contributed by atoms with van der Waals surface area (Å²) < 4.78 is 24.1. The van der Waals surface area contributed by atoms with Crippen LogP contribution >= 0.6 is 24.8 Å². The summed E-state index contributed by atoms with van der Waals surface area (Å²) >= 11 is 0. The predicted molar refractivity (Wildman–Crippen MR) is 113 cm³/mol. The number of rotatable bonds is 5. The SMILES string of the molecule is COCC1(C(=O)N2CCN(c3ccc(F)cc3OC)CC2)CCNCC1.Cl.Cl. The first-order valence-electron chi connectivity index (χ1n) is 9.17. The molecule has 0 radical (unpaired) electrons. The van der Waals surface area contributed by atoms with Gasteiger partial charge in [0.2, 0.25) is 5.91 Å². The van der Waals surface area contributed by atoms with Gasteiger partial charge in [-0.2, -0.15) is 0 Å². The lowest BCUT2D eigenvalue weighted by molar-refractivity contribution is -0.147. The molecule has 160 valence electrons. The standard InChI is InChI=1S/C19H28FN3O3.2ClH/c1-25-14-19(5-7-21-8-6-19)18(24)23-11-9-22(10-12-23)16-4-3-15(20)13-17(16)26-2;;/h3-4,13,21H,5-12,14H2,1-2H3;2*1H. The number of methoxy groups -OCH3 is 2. The molecule has 0 unspecified atom stereocenters. The molecule has 0 saturated carbocycles. The van der Waals surface area contributed by atoms with Gasteiger partial charge in [0, 0.05) is 39.4 Å². The van der Waals surface area contributed by atoms with Gasteiger partial charge in [-0.25, -0.2) is 4.39 Å². The fourth-order valence-corrected chi connectivity index (χ4v) is 4.00. The average Bonchev–Trinajstić information content (AvgIpc) is 2.68. The molecule has 1 aromatic rings. The Bertz CT molecular complexity index is 631. The summed E-state index contributed by atoms with van der Waals surface area (Å²) in [6.45, 7) is 4.88. The second-order valence-electron chi connectivity index (χ2n) is 7.06. The molecule has 6 nitrogen and oxygen atoms in total. The van der Waals surface area contributed by atoms with Crippen molar-refractivity contribution in [3.63, 3.8) is 0 Å². The van der Waals surface area contributed by atoms with Crippen LogP contribution in [0.4, 0.5) is 10.1 Å². The van der Waals surface area contributed by atoms with E-state index in [1.54, 1.807) is 20.3 Å². The third kappa shape index (κ3) is 5.20. The van der Waals surface area contributed by atoms with Gasteiger partial charge in [0.25, 0.3) is 0 Å². The van der Waals surface area contributed by atoms with Gasteiger partial charge in [-0.3, -0.25) is 4.79 Å². The Morgan fingerprint density at radius 2 is 1.79 bits per heavy atom. The van der Waals surface area contributed by atoms with Gasteiger partial charge >= 0.3 is 0 Å². The van der Waals surface area contributed by atoms with Crippen molar-refractivity contribution in [2.24, 2.45) is 5.41 Å². The Morgan fingerprint density at radius 3 is 2.36 bits per heavy atom. The number of halogens is 3. The van der Waals surface area contributed by atoms with Crippen LogP contribution in [0.25, 0.3) is 0 Å². The van der Waals surface area contributed by atoms with Crippen molar-refractivity contribution in [2.45, 2.75) is 12.8 Å². The molecular formula is C19H30Cl2FN3O3. The number of amides is 1. The van der Waals surface area contributed by atoms with Gasteiger partial charge in [-0.05, 0) is 38.1 Å². The topological polar surface area (TPSA) is 54.0 Å². The molecule has 0 bridgehead atoms. The van der Waals surface area contributed by atoms with Crippen LogP contribution < -0.4 is 15.0 Å². The third-order valence-corrected chi connectivity index (χ3v) is 5.48. The van der Waals surface area contributed by atoms with E-state index in [0.717, 1.165) is 31.6 Å². The van der Waals surface area contributed by atoms with Crippen LogP contribution in [0.15, 0.2) is 18.2 Å². The van der Waals surface area contributed by atoms with E-state index in [1.807, 2.05) is 4.90 Å². The zero-order valence-corrected chi connectivity index (χ0v) is 18.0. The number of piperazine rings is 1. The molecule has 3 rings (SSSR count). The molecule has 2 aliphatic heterocycles. The molecule has 0 atom stereocenters. The summed E-state index contributed by atoms with van der Waals surface area (Å²) in [5, 5.41) is 3.32. The monoisotopic (exact) mass is 437 g/mol. The molecule has 2 aliphatic rings. The number of anilines is 1. The molecule has 1 N–H and O–H groups in total. The van der Waals surface area contributed by atoms with Crippen LogP contribution in [0.1, 0.15) is 12.8 Å². The van der Waals surface area contributed by atoms with E-state index in [4.69, 9.17) is 9.47 Å². The van der Waals surface area contributed by atoms with Crippen molar-refractivity contribution in [3.05, 3.63) is 24.0 Å². The van der Waals surface area contributed by atoms with Crippen LogP contribution in [0.2, 0.25) is 0 Å². The van der Waals surface area contributed by atoms with Crippen LogP contribution in [0.3, 0.4) is 0 Å². The average molecular weight is 438 g/mol. The van der Waals surface area contributed by atoms with Crippen molar-refractivity contribution in [1.82, 2.24) is 10.2 Å². The predicted octanol–water partition coefficient (Wildman–Crippen LogP) is 2.34. The normalized spacial score (nSPS) is 18.7. The summed E-state index contributed by atoms with van der Waals surface area (Å²) in [5.74, 6) is 0.414. The highest BCUT2D eigenvalue weighted by atomic mass is 35.5. The number of nitrogens with one attached hydrogen (secondary N) is 1. The Kier molecular flexibility index (Phi) is 9.77. The molecule has 2 fully saturated rings. The van der Waals surface area contributed by atoms with Gasteiger partial charge in [0.1, 0.15) is 11.6 Å². The first kappa shape index (κ1) is 24.8. The van der Waals surface area contributed by atoms with Crippen LogP contribution in [-0.2, 0) is 9.53 Å². The highest BCUT2D eigenvalue weighted by Gasteiger charge is 2.42. The molecule has 2 saturated heterocycles. The highest BCUT2D eigenvalue weighted by molar-refractivity contribution is 5.85. The lowest BCUT2D eigenvalue weighted by Crippen LogP contribution is -2.56. The minimum atomic E-state index is -0.407. The van der Waals surface area contributed by atoms with Crippen molar-refractivity contribution in [2.75, 3.05) is 65.0 Å². The van der Waals surface area contributed by atoms with Crippen molar-refractivity contribution < 1.29 is 18.7 Å². The van der Waals surface area contributed by atoms with Crippen molar-refractivity contribution in [3.8, 4) is 5.75 Å². The number of piperidine rings is 1. The number of hydrogen-bond donors (Lipinski definition) is 1. The molecule has 9 heteroatoms. The minimum absolute atomic E-state index is 0. The summed E-state index contributed by atoms with van der Waals surface area (Å²) in [7, 11) is 3.21. The molecule has 0 aromatic heterocycles. The first-order chi connectivity index (χ1) is 12.6. The first-order valence-corrected chi connectivity index (χ1v) is 9.17. The van der Waals surface area contributed by atoms with E-state index in [0.29, 0.717) is 38.5 Å². The quantitative estimate of drug-likeness (QED) is 0.765. The number of carbonyl (C=O) groups is 1. The zero-order valence-electron chi connectivity index (χ0n) is 16.4. The summed E-state index contributed by atoms with van der Waals surface area (Å²) in [5.41, 5.74) is 0.463. The Morgan fingerprint density at radius 1 is 1.14 bits per heavy atom. The summed E-state index contributed by atoms with van der Waals surface area (Å²) in [6, 6.07) is 4.58. The summed E-state index contributed by atoms with van der Waals surface area (Å²) in [6.07, 6.45) is 1.62. The van der Waals surface area contributed by atoms with E-state index in [2.05, 4.69) is 10.2 Å². The summed E-state index contributed by atoms with van der Waals surface area (Å²) in [4.78, 5) is 17.3. The Balaban J connectivity index is 0.00000196. The van der Waals surface area contributed by atoms with Crippen molar-refractivity contribution >= 4 is 36.4 Å².